The molecule has 7 nitrogen and oxygen atoms in total. The van der Waals surface area contributed by atoms with Gasteiger partial charge < -0.3 is 15.0 Å². The molecule has 198 valence electrons. The number of carbonyl (C=O) groups is 2. The molecule has 0 spiro atoms. The average molecular weight is 486 g/mol. The summed E-state index contributed by atoms with van der Waals surface area (Å²) in [6.07, 6.45) is -5.89. The highest BCUT2D eigenvalue weighted by Gasteiger charge is 2.26. The maximum absolute atomic E-state index is 11.8. The monoisotopic (exact) mass is 485 g/mol. The number of piperazine rings is 2. The molecule has 0 saturated carbocycles. The Morgan fingerprint density at radius 1 is 0.939 bits per heavy atom. The van der Waals surface area contributed by atoms with Gasteiger partial charge in [-0.1, -0.05) is 13.8 Å². The lowest BCUT2D eigenvalue weighted by Gasteiger charge is -2.37. The molecule has 0 unspecified atom stereocenters. The van der Waals surface area contributed by atoms with Gasteiger partial charge in [0.15, 0.2) is 0 Å². The SMILES string of the molecule is CC(C)N1CCN(C(=O)OC(C)(C)C)CC1.CC(C)N1CCNCC1.O=CC(F)(F)F.[2H]CC. The van der Waals surface area contributed by atoms with E-state index in [2.05, 4.69) is 42.8 Å². The number of rotatable bonds is 2. The average Bonchev–Trinajstić information content (AvgIpc) is 2.74. The molecule has 0 aliphatic carbocycles. The van der Waals surface area contributed by atoms with Crippen molar-refractivity contribution in [2.45, 2.75) is 86.2 Å². The lowest BCUT2D eigenvalue weighted by atomic mass is 10.2. The van der Waals surface area contributed by atoms with Crippen LogP contribution in [0.2, 0.25) is 0 Å². The maximum atomic E-state index is 11.8. The Balaban J connectivity index is 0. The third kappa shape index (κ3) is 18.7. The van der Waals surface area contributed by atoms with Gasteiger partial charge in [-0.05, 0) is 48.5 Å². The van der Waals surface area contributed by atoms with Crippen LogP contribution in [0.3, 0.4) is 0 Å². The van der Waals surface area contributed by atoms with Crippen molar-refractivity contribution in [1.29, 1.82) is 0 Å². The molecule has 1 N–H and O–H groups in total. The summed E-state index contributed by atoms with van der Waals surface area (Å²) in [6, 6.07) is 1.29. The zero-order valence-corrected chi connectivity index (χ0v) is 21.8. The molecule has 2 heterocycles. The van der Waals surface area contributed by atoms with Crippen molar-refractivity contribution in [3.8, 4) is 0 Å². The number of aldehydes is 1. The summed E-state index contributed by atoms with van der Waals surface area (Å²) < 4.78 is 42.8. The van der Waals surface area contributed by atoms with Crippen LogP contribution in [0.5, 0.6) is 0 Å². The van der Waals surface area contributed by atoms with Crippen LogP contribution in [0.15, 0.2) is 0 Å². The highest BCUT2D eigenvalue weighted by Crippen LogP contribution is 2.12. The summed E-state index contributed by atoms with van der Waals surface area (Å²) in [6.45, 7) is 25.1. The second-order valence-corrected chi connectivity index (χ2v) is 9.14. The van der Waals surface area contributed by atoms with E-state index in [1.54, 1.807) is 11.8 Å². The van der Waals surface area contributed by atoms with Crippen LogP contribution in [0.4, 0.5) is 18.0 Å². The third-order valence-corrected chi connectivity index (χ3v) is 4.71. The topological polar surface area (TPSA) is 65.1 Å². The van der Waals surface area contributed by atoms with Gasteiger partial charge in [0.25, 0.3) is 0 Å². The van der Waals surface area contributed by atoms with E-state index in [-0.39, 0.29) is 6.09 Å². The molecule has 2 aliphatic rings. The standard InChI is InChI=1S/C12H24N2O2.C7H16N2.C2HF3O.C2H6/c1-10(2)13-6-8-14(9-7-13)11(15)16-12(3,4)5;1-7(2)9-5-3-8-4-6-9;3-2(4,5)1-6;1-2/h10H,6-9H2,1-5H3;7-8H,3-6H2,1-2H3;1H;1-2H3/i;;;1D. The van der Waals surface area contributed by atoms with E-state index in [0.29, 0.717) is 12.9 Å². The van der Waals surface area contributed by atoms with Crippen molar-refractivity contribution in [1.82, 2.24) is 20.0 Å². The van der Waals surface area contributed by atoms with Crippen molar-refractivity contribution in [2.24, 2.45) is 0 Å². The van der Waals surface area contributed by atoms with Gasteiger partial charge in [0.1, 0.15) is 5.60 Å². The summed E-state index contributed by atoms with van der Waals surface area (Å²) in [7, 11) is 0. The van der Waals surface area contributed by atoms with E-state index in [4.69, 9.17) is 10.9 Å². The fourth-order valence-corrected chi connectivity index (χ4v) is 2.95. The van der Waals surface area contributed by atoms with Crippen molar-refractivity contribution in [3.63, 3.8) is 0 Å². The number of nitrogens with zero attached hydrogens (tertiary/aromatic N) is 3. The predicted octanol–water partition coefficient (Wildman–Crippen LogP) is 4.02. The number of alkyl halides is 3. The van der Waals surface area contributed by atoms with Crippen molar-refractivity contribution in [2.75, 3.05) is 52.4 Å². The van der Waals surface area contributed by atoms with Crippen LogP contribution in [0.25, 0.3) is 0 Å². The van der Waals surface area contributed by atoms with Crippen LogP contribution in [0, 0.1) is 0 Å². The van der Waals surface area contributed by atoms with Crippen LogP contribution < -0.4 is 5.32 Å². The molecule has 2 rings (SSSR count). The Labute approximate surface area is 200 Å². The number of hydrogen-bond donors (Lipinski definition) is 1. The number of hydrogen-bond acceptors (Lipinski definition) is 6. The molecule has 1 amide bonds. The summed E-state index contributed by atoms with van der Waals surface area (Å²) >= 11 is 0. The molecule has 2 fully saturated rings. The minimum Gasteiger partial charge on any atom is -0.444 e. The molecule has 2 aliphatic heterocycles. The van der Waals surface area contributed by atoms with Gasteiger partial charge in [0, 0.05) is 65.8 Å². The Kier molecular flexibility index (Phi) is 16.4. The molecule has 0 aromatic heterocycles. The van der Waals surface area contributed by atoms with Gasteiger partial charge in [-0.3, -0.25) is 14.6 Å². The summed E-state index contributed by atoms with van der Waals surface area (Å²) in [5.74, 6) is 0. The molecule has 2 saturated heterocycles. The lowest BCUT2D eigenvalue weighted by molar-refractivity contribution is -0.156. The molecule has 10 heteroatoms. The van der Waals surface area contributed by atoms with Crippen LogP contribution in [0.1, 0.15) is 63.7 Å². The largest absolute Gasteiger partial charge is 0.446 e. The number of nitrogens with one attached hydrogen (secondary N) is 1. The molecule has 0 bridgehead atoms. The Bertz CT molecular complexity index is 531. The number of amides is 1. The fourth-order valence-electron chi connectivity index (χ4n) is 2.95. The predicted molar refractivity (Wildman–Crippen MR) is 128 cm³/mol. The quantitative estimate of drug-likeness (QED) is 0.596. The fraction of sp³-hybridized carbons (Fsp3) is 0.913. The van der Waals surface area contributed by atoms with Gasteiger partial charge in [0.05, 0.1) is 0 Å². The normalized spacial score (nSPS) is 18.1. The summed E-state index contributed by atoms with van der Waals surface area (Å²) in [5, 5.41) is 3.33. The zero-order valence-electron chi connectivity index (χ0n) is 22.8. The van der Waals surface area contributed by atoms with E-state index in [9.17, 15) is 18.0 Å². The third-order valence-electron chi connectivity index (χ3n) is 4.71. The minimum atomic E-state index is -4.64. The zero-order chi connectivity index (χ0) is 26.9. The molecule has 33 heavy (non-hydrogen) atoms. The van der Waals surface area contributed by atoms with E-state index in [1.807, 2.05) is 20.8 Å². The maximum Gasteiger partial charge on any atom is 0.446 e. The molecule has 0 aromatic carbocycles. The van der Waals surface area contributed by atoms with Crippen molar-refractivity contribution < 1.29 is 28.9 Å². The second kappa shape index (κ2) is 17.1. The second-order valence-electron chi connectivity index (χ2n) is 9.14. The number of ether oxygens (including phenoxy) is 1. The Morgan fingerprint density at radius 3 is 1.58 bits per heavy atom. The molecule has 0 atom stereocenters. The van der Waals surface area contributed by atoms with Gasteiger partial charge >= 0.3 is 12.3 Å². The van der Waals surface area contributed by atoms with E-state index in [0.717, 1.165) is 45.3 Å². The van der Waals surface area contributed by atoms with E-state index < -0.39 is 18.1 Å². The van der Waals surface area contributed by atoms with Gasteiger partial charge in [-0.2, -0.15) is 13.2 Å². The Morgan fingerprint density at radius 2 is 1.30 bits per heavy atom. The molecule has 0 aromatic rings. The van der Waals surface area contributed by atoms with E-state index >= 15 is 0 Å². The first kappa shape index (κ1) is 31.6. The molecule has 0 radical (unpaired) electrons. The van der Waals surface area contributed by atoms with Crippen molar-refractivity contribution >= 4 is 12.4 Å². The van der Waals surface area contributed by atoms with Crippen LogP contribution in [-0.2, 0) is 9.53 Å². The number of carbonyl (C=O) groups excluding carboxylic acids is 2. The summed E-state index contributed by atoms with van der Waals surface area (Å²) in [5.41, 5.74) is -0.397. The minimum absolute atomic E-state index is 0.184. The molecular weight excluding hydrogens is 437 g/mol. The Hall–Kier alpha value is -1.39. The smallest absolute Gasteiger partial charge is 0.444 e. The lowest BCUT2D eigenvalue weighted by Crippen LogP contribution is -2.51. The first-order chi connectivity index (χ1) is 15.6. The van der Waals surface area contributed by atoms with Crippen molar-refractivity contribution in [3.05, 3.63) is 0 Å². The van der Waals surface area contributed by atoms with Crippen LogP contribution >= 0.6 is 0 Å². The van der Waals surface area contributed by atoms with Gasteiger partial charge in [-0.25, -0.2) is 4.79 Å². The van der Waals surface area contributed by atoms with E-state index in [1.165, 1.54) is 13.1 Å². The van der Waals surface area contributed by atoms with Crippen LogP contribution in [-0.4, -0.2) is 103 Å². The molecular formula is C23H47F3N4O3. The highest BCUT2D eigenvalue weighted by molar-refractivity contribution is 5.68. The van der Waals surface area contributed by atoms with Gasteiger partial charge in [0.2, 0.25) is 6.29 Å². The van der Waals surface area contributed by atoms with Gasteiger partial charge in [-0.15, -0.1) is 0 Å². The first-order valence-corrected chi connectivity index (χ1v) is 11.6. The first-order valence-electron chi connectivity index (χ1n) is 12.3. The highest BCUT2D eigenvalue weighted by atomic mass is 19.4. The number of halogens is 3. The summed E-state index contributed by atoms with van der Waals surface area (Å²) in [4.78, 5) is 27.1.